The number of carbonyl (C=O) groups is 1. The number of Topliss-reactive ketones (excluding diaryl/α,β-unsaturated/α-hetero) is 1. The second-order valence-corrected chi connectivity index (χ2v) is 3.77. The van der Waals surface area contributed by atoms with Gasteiger partial charge in [-0.25, -0.2) is 9.67 Å². The summed E-state index contributed by atoms with van der Waals surface area (Å²) in [5.41, 5.74) is 2.48. The van der Waals surface area contributed by atoms with Gasteiger partial charge in [0.15, 0.2) is 11.6 Å². The smallest absolute Gasteiger partial charge is 0.164 e. The average Bonchev–Trinajstić information content (AvgIpc) is 2.57. The number of carbonyl (C=O) groups excluding carboxylic acids is 1. The summed E-state index contributed by atoms with van der Waals surface area (Å²) in [4.78, 5) is 15.7. The van der Waals surface area contributed by atoms with E-state index in [1.54, 1.807) is 23.0 Å². The second-order valence-electron chi connectivity index (χ2n) is 3.77. The molecule has 16 heavy (non-hydrogen) atoms. The molecule has 0 fully saturated rings. The van der Waals surface area contributed by atoms with Crippen LogP contribution in [0.15, 0.2) is 24.4 Å². The minimum atomic E-state index is -0.00402. The Bertz CT molecular complexity index is 543. The van der Waals surface area contributed by atoms with E-state index in [-0.39, 0.29) is 5.78 Å². The Hall–Kier alpha value is -1.97. The van der Waals surface area contributed by atoms with E-state index in [1.807, 2.05) is 19.9 Å². The van der Waals surface area contributed by atoms with Crippen molar-refractivity contribution in [2.75, 3.05) is 0 Å². The summed E-state index contributed by atoms with van der Waals surface area (Å²) in [6, 6.07) is 5.48. The minimum absolute atomic E-state index is 0.00402. The van der Waals surface area contributed by atoms with Crippen molar-refractivity contribution in [3.8, 4) is 5.82 Å². The van der Waals surface area contributed by atoms with Gasteiger partial charge in [0.05, 0.1) is 11.3 Å². The van der Waals surface area contributed by atoms with Crippen molar-refractivity contribution in [1.29, 1.82) is 0 Å². The first-order chi connectivity index (χ1) is 7.59. The predicted molar refractivity (Wildman–Crippen MR) is 60.8 cm³/mol. The number of nitrogens with zero attached hydrogens (tertiary/aromatic N) is 3. The zero-order valence-corrected chi connectivity index (χ0v) is 9.56. The number of rotatable bonds is 2. The van der Waals surface area contributed by atoms with Crippen LogP contribution in [-0.2, 0) is 0 Å². The Kier molecular flexibility index (Phi) is 2.56. The molecule has 0 aromatic carbocycles. The molecule has 0 saturated heterocycles. The fourth-order valence-corrected chi connectivity index (χ4v) is 1.68. The van der Waals surface area contributed by atoms with Crippen LogP contribution in [0.5, 0.6) is 0 Å². The molecule has 0 N–H and O–H groups in total. The number of aryl methyl sites for hydroxylation is 2. The van der Waals surface area contributed by atoms with Gasteiger partial charge in [-0.3, -0.25) is 4.79 Å². The van der Waals surface area contributed by atoms with Crippen LogP contribution in [0.1, 0.15) is 28.7 Å². The fourth-order valence-electron chi connectivity index (χ4n) is 1.68. The van der Waals surface area contributed by atoms with Gasteiger partial charge in [-0.1, -0.05) is 0 Å². The van der Waals surface area contributed by atoms with Crippen LogP contribution in [0.25, 0.3) is 5.82 Å². The number of hydrogen-bond acceptors (Lipinski definition) is 3. The van der Waals surface area contributed by atoms with Crippen LogP contribution in [0.2, 0.25) is 0 Å². The first kappa shape index (κ1) is 10.5. The minimum Gasteiger partial charge on any atom is -0.294 e. The van der Waals surface area contributed by atoms with Crippen molar-refractivity contribution < 1.29 is 4.79 Å². The maximum atomic E-state index is 11.5. The molecule has 82 valence electrons. The Morgan fingerprint density at radius 3 is 2.69 bits per heavy atom. The van der Waals surface area contributed by atoms with E-state index >= 15 is 0 Å². The summed E-state index contributed by atoms with van der Waals surface area (Å²) in [6.07, 6.45) is 1.66. The quantitative estimate of drug-likeness (QED) is 0.721. The first-order valence-corrected chi connectivity index (χ1v) is 5.09. The van der Waals surface area contributed by atoms with Crippen LogP contribution >= 0.6 is 0 Å². The van der Waals surface area contributed by atoms with Gasteiger partial charge in [0.25, 0.3) is 0 Å². The van der Waals surface area contributed by atoms with E-state index < -0.39 is 0 Å². The molecule has 2 heterocycles. The van der Waals surface area contributed by atoms with Crippen LogP contribution < -0.4 is 0 Å². The van der Waals surface area contributed by atoms with Gasteiger partial charge in [-0.15, -0.1) is 0 Å². The highest BCUT2D eigenvalue weighted by Gasteiger charge is 2.12. The third-order valence-corrected chi connectivity index (χ3v) is 2.38. The van der Waals surface area contributed by atoms with Crippen molar-refractivity contribution in [3.63, 3.8) is 0 Å². The Morgan fingerprint density at radius 1 is 1.38 bits per heavy atom. The third-order valence-electron chi connectivity index (χ3n) is 2.38. The summed E-state index contributed by atoms with van der Waals surface area (Å²) in [7, 11) is 0. The highest BCUT2D eigenvalue weighted by atomic mass is 16.1. The molecule has 0 spiro atoms. The molecular weight excluding hydrogens is 202 g/mol. The largest absolute Gasteiger partial charge is 0.294 e. The maximum Gasteiger partial charge on any atom is 0.164 e. The SMILES string of the molecule is CC(=O)c1cccnc1-n1nc(C)cc1C. The van der Waals surface area contributed by atoms with Crippen LogP contribution in [0, 0.1) is 13.8 Å². The lowest BCUT2D eigenvalue weighted by atomic mass is 10.2. The number of ketones is 1. The molecule has 0 aliphatic heterocycles. The van der Waals surface area contributed by atoms with E-state index in [4.69, 9.17) is 0 Å². The molecule has 4 nitrogen and oxygen atoms in total. The van der Waals surface area contributed by atoms with Crippen LogP contribution in [0.4, 0.5) is 0 Å². The van der Waals surface area contributed by atoms with Crippen molar-refractivity contribution in [2.24, 2.45) is 0 Å². The molecule has 2 aromatic rings. The molecule has 0 bridgehead atoms. The van der Waals surface area contributed by atoms with E-state index in [1.165, 1.54) is 6.92 Å². The standard InChI is InChI=1S/C12H13N3O/c1-8-7-9(2)15(14-8)12-11(10(3)16)5-4-6-13-12/h4-7H,1-3H3. The van der Waals surface area contributed by atoms with E-state index in [0.29, 0.717) is 11.4 Å². The van der Waals surface area contributed by atoms with Crippen molar-refractivity contribution >= 4 is 5.78 Å². The van der Waals surface area contributed by atoms with Crippen LogP contribution in [0.3, 0.4) is 0 Å². The molecule has 0 amide bonds. The molecule has 2 rings (SSSR count). The van der Waals surface area contributed by atoms with E-state index in [0.717, 1.165) is 11.4 Å². The summed E-state index contributed by atoms with van der Waals surface area (Å²) in [5.74, 6) is 0.594. The summed E-state index contributed by atoms with van der Waals surface area (Å²) in [6.45, 7) is 5.39. The monoisotopic (exact) mass is 215 g/mol. The van der Waals surface area contributed by atoms with Crippen molar-refractivity contribution in [2.45, 2.75) is 20.8 Å². The lowest BCUT2D eigenvalue weighted by molar-refractivity contribution is 0.101. The molecule has 0 aliphatic rings. The second kappa shape index (κ2) is 3.89. The zero-order valence-electron chi connectivity index (χ0n) is 9.56. The molecular formula is C12H13N3O. The molecule has 0 saturated carbocycles. The predicted octanol–water partition coefficient (Wildman–Crippen LogP) is 2.09. The van der Waals surface area contributed by atoms with Gasteiger partial charge < -0.3 is 0 Å². The Morgan fingerprint density at radius 2 is 2.12 bits per heavy atom. The lowest BCUT2D eigenvalue weighted by Gasteiger charge is -2.06. The summed E-state index contributed by atoms with van der Waals surface area (Å²) in [5, 5.41) is 4.33. The highest BCUT2D eigenvalue weighted by molar-refractivity contribution is 5.96. The normalized spacial score (nSPS) is 10.4. The molecule has 2 aromatic heterocycles. The van der Waals surface area contributed by atoms with Crippen molar-refractivity contribution in [1.82, 2.24) is 14.8 Å². The Balaban J connectivity index is 2.64. The van der Waals surface area contributed by atoms with Gasteiger partial charge in [-0.2, -0.15) is 5.10 Å². The maximum absolute atomic E-state index is 11.5. The highest BCUT2D eigenvalue weighted by Crippen LogP contribution is 2.14. The molecule has 0 radical (unpaired) electrons. The molecule has 4 heteroatoms. The fraction of sp³-hybridized carbons (Fsp3) is 0.250. The van der Waals surface area contributed by atoms with Gasteiger partial charge >= 0.3 is 0 Å². The van der Waals surface area contributed by atoms with E-state index in [9.17, 15) is 4.79 Å². The van der Waals surface area contributed by atoms with E-state index in [2.05, 4.69) is 10.1 Å². The summed E-state index contributed by atoms with van der Waals surface area (Å²) < 4.78 is 1.70. The Labute approximate surface area is 93.9 Å². The number of aromatic nitrogens is 3. The van der Waals surface area contributed by atoms with Gasteiger partial charge in [-0.05, 0) is 39.0 Å². The lowest BCUT2D eigenvalue weighted by Crippen LogP contribution is -2.08. The van der Waals surface area contributed by atoms with Crippen molar-refractivity contribution in [3.05, 3.63) is 41.3 Å². The average molecular weight is 215 g/mol. The van der Waals surface area contributed by atoms with Gasteiger partial charge in [0, 0.05) is 11.9 Å². The zero-order chi connectivity index (χ0) is 11.7. The summed E-state index contributed by atoms with van der Waals surface area (Å²) >= 11 is 0. The first-order valence-electron chi connectivity index (χ1n) is 5.09. The molecule has 0 unspecified atom stereocenters. The van der Waals surface area contributed by atoms with Gasteiger partial charge in [0.2, 0.25) is 0 Å². The number of pyridine rings is 1. The molecule has 0 atom stereocenters. The van der Waals surface area contributed by atoms with Crippen LogP contribution in [-0.4, -0.2) is 20.5 Å². The third kappa shape index (κ3) is 1.74. The molecule has 0 aliphatic carbocycles. The van der Waals surface area contributed by atoms with Gasteiger partial charge in [0.1, 0.15) is 0 Å². The topological polar surface area (TPSA) is 47.8 Å². The number of hydrogen-bond donors (Lipinski definition) is 0.